The molecule has 2 fully saturated rings. The summed E-state index contributed by atoms with van der Waals surface area (Å²) < 4.78 is 39.2. The van der Waals surface area contributed by atoms with E-state index in [4.69, 9.17) is 9.29 Å². The molecule has 0 aliphatic heterocycles. The monoisotopic (exact) mass is 395 g/mol. The van der Waals surface area contributed by atoms with Gasteiger partial charge in [-0.25, -0.2) is 0 Å². The second kappa shape index (κ2) is 6.64. The minimum absolute atomic E-state index is 0.240. The molecule has 0 spiro atoms. The summed E-state index contributed by atoms with van der Waals surface area (Å²) in [6.07, 6.45) is 6.52. The molecule has 27 heavy (non-hydrogen) atoms. The van der Waals surface area contributed by atoms with E-state index in [1.165, 1.54) is 19.1 Å². The number of aryl methyl sites for hydroxylation is 1. The smallest absolute Gasteiger partial charge is 0.357 e. The Morgan fingerprint density at radius 3 is 2.70 bits per heavy atom. The van der Waals surface area contributed by atoms with Crippen molar-refractivity contribution in [1.82, 2.24) is 0 Å². The Labute approximate surface area is 161 Å². The first-order valence-corrected chi connectivity index (χ1v) is 11.3. The lowest BCUT2D eigenvalue weighted by Gasteiger charge is -2.51. The van der Waals surface area contributed by atoms with Crippen molar-refractivity contribution in [1.29, 1.82) is 0 Å². The van der Waals surface area contributed by atoms with Crippen LogP contribution in [0.25, 0.3) is 0 Å². The number of methoxy groups -OCH3 is 1. The highest BCUT2D eigenvalue weighted by atomic mass is 32.2. The summed E-state index contributed by atoms with van der Waals surface area (Å²) >= 11 is 0. The van der Waals surface area contributed by atoms with Crippen molar-refractivity contribution in [3.8, 4) is 5.75 Å². The molecule has 4 rings (SSSR count). The number of nitrogens with one attached hydrogen (secondary N) is 1. The molecule has 0 radical (unpaired) electrons. The number of aliphatic hydroxyl groups is 1. The second-order valence-corrected chi connectivity index (χ2v) is 9.90. The Balaban J connectivity index is 1.69. The SMILES string of the molecule is COc1cc2c(cc1NS(=O)(=O)O)CCC1C2CC[C@@]2(C)C1CC[C@@H]2CO. The van der Waals surface area contributed by atoms with Gasteiger partial charge in [-0.3, -0.25) is 9.27 Å². The Morgan fingerprint density at radius 2 is 2.04 bits per heavy atom. The summed E-state index contributed by atoms with van der Waals surface area (Å²) in [6.45, 7) is 2.66. The molecular weight excluding hydrogens is 366 g/mol. The standard InChI is InChI=1S/C20H29NO5S/c1-20-8-7-14-15(17(20)6-4-13(20)11-22)5-3-12-9-18(21-27(23,24)25)19(26-2)10-16(12)14/h9-10,13-15,17,21-22H,3-8,11H2,1-2H3,(H,23,24,25)/t13-,14?,15?,17?,20-/m1/s1. The first-order valence-electron chi connectivity index (χ1n) is 9.83. The zero-order chi connectivity index (χ0) is 19.4. The molecule has 0 bridgehead atoms. The van der Waals surface area contributed by atoms with Crippen LogP contribution in [0.3, 0.4) is 0 Å². The van der Waals surface area contributed by atoms with Crippen LogP contribution in [-0.4, -0.2) is 31.8 Å². The first-order chi connectivity index (χ1) is 12.8. The van der Waals surface area contributed by atoms with Gasteiger partial charge in [0.1, 0.15) is 5.75 Å². The first kappa shape index (κ1) is 19.0. The highest BCUT2D eigenvalue weighted by Crippen LogP contribution is 2.63. The number of hydrogen-bond donors (Lipinski definition) is 3. The lowest BCUT2D eigenvalue weighted by atomic mass is 9.54. The molecule has 6 nitrogen and oxygen atoms in total. The van der Waals surface area contributed by atoms with E-state index in [-0.39, 0.29) is 5.41 Å². The molecule has 150 valence electrons. The number of ether oxygens (including phenoxy) is 1. The van der Waals surface area contributed by atoms with Crippen LogP contribution in [0.1, 0.15) is 56.1 Å². The summed E-state index contributed by atoms with van der Waals surface area (Å²) in [4.78, 5) is 0. The van der Waals surface area contributed by atoms with Crippen molar-refractivity contribution in [2.24, 2.45) is 23.2 Å². The third kappa shape index (κ3) is 3.13. The molecule has 1 aromatic carbocycles. The minimum atomic E-state index is -4.34. The lowest BCUT2D eigenvalue weighted by Crippen LogP contribution is -2.43. The molecule has 0 heterocycles. The van der Waals surface area contributed by atoms with Gasteiger partial charge < -0.3 is 9.84 Å². The van der Waals surface area contributed by atoms with Gasteiger partial charge in [0.15, 0.2) is 0 Å². The summed E-state index contributed by atoms with van der Waals surface area (Å²) in [7, 11) is -2.83. The normalized spacial score (nSPS) is 35.1. The van der Waals surface area contributed by atoms with E-state index in [0.717, 1.165) is 37.7 Å². The van der Waals surface area contributed by atoms with E-state index >= 15 is 0 Å². The van der Waals surface area contributed by atoms with Gasteiger partial charge in [0.25, 0.3) is 0 Å². The Kier molecular flexibility index (Phi) is 4.68. The molecule has 5 atom stereocenters. The fourth-order valence-corrected chi connectivity index (χ4v) is 6.83. The lowest BCUT2D eigenvalue weighted by molar-refractivity contribution is 0.00955. The highest BCUT2D eigenvalue weighted by Gasteiger charge is 2.54. The predicted octanol–water partition coefficient (Wildman–Crippen LogP) is 3.37. The average molecular weight is 396 g/mol. The number of rotatable bonds is 4. The number of hydrogen-bond acceptors (Lipinski definition) is 4. The van der Waals surface area contributed by atoms with Gasteiger partial charge in [-0.1, -0.05) is 6.92 Å². The molecule has 3 N–H and O–H groups in total. The molecule has 0 amide bonds. The van der Waals surface area contributed by atoms with Crippen molar-refractivity contribution in [2.45, 2.75) is 51.4 Å². The van der Waals surface area contributed by atoms with Crippen LogP contribution in [0.2, 0.25) is 0 Å². The van der Waals surface area contributed by atoms with Crippen LogP contribution in [0, 0.1) is 23.2 Å². The minimum Gasteiger partial charge on any atom is -0.495 e. The summed E-state index contributed by atoms with van der Waals surface area (Å²) in [6, 6.07) is 3.78. The van der Waals surface area contributed by atoms with E-state index < -0.39 is 10.3 Å². The van der Waals surface area contributed by atoms with Crippen LogP contribution in [0.15, 0.2) is 12.1 Å². The zero-order valence-corrected chi connectivity index (χ0v) is 16.8. The van der Waals surface area contributed by atoms with E-state index in [9.17, 15) is 13.5 Å². The number of fused-ring (bicyclic) bond motifs is 5. The van der Waals surface area contributed by atoms with E-state index in [1.807, 2.05) is 12.1 Å². The Hall–Kier alpha value is -1.31. The molecule has 3 aliphatic rings. The molecule has 7 heteroatoms. The van der Waals surface area contributed by atoms with Gasteiger partial charge in [0.2, 0.25) is 0 Å². The van der Waals surface area contributed by atoms with Crippen molar-refractivity contribution >= 4 is 16.0 Å². The highest BCUT2D eigenvalue weighted by molar-refractivity contribution is 7.87. The van der Waals surface area contributed by atoms with E-state index in [0.29, 0.717) is 41.7 Å². The predicted molar refractivity (Wildman–Crippen MR) is 103 cm³/mol. The largest absolute Gasteiger partial charge is 0.495 e. The molecule has 3 aliphatic carbocycles. The maximum absolute atomic E-state index is 11.3. The fraction of sp³-hybridized carbons (Fsp3) is 0.700. The molecule has 2 saturated carbocycles. The Bertz CT molecular complexity index is 839. The number of anilines is 1. The maximum atomic E-state index is 11.3. The maximum Gasteiger partial charge on any atom is 0.357 e. The van der Waals surface area contributed by atoms with Gasteiger partial charge in [-0.2, -0.15) is 8.42 Å². The van der Waals surface area contributed by atoms with Crippen LogP contribution in [-0.2, 0) is 16.7 Å². The van der Waals surface area contributed by atoms with Gasteiger partial charge in [0.05, 0.1) is 12.8 Å². The van der Waals surface area contributed by atoms with Gasteiger partial charge >= 0.3 is 10.3 Å². The third-order valence-corrected chi connectivity index (χ3v) is 8.18. The Morgan fingerprint density at radius 1 is 1.26 bits per heavy atom. The van der Waals surface area contributed by atoms with Crippen molar-refractivity contribution in [2.75, 3.05) is 18.4 Å². The van der Waals surface area contributed by atoms with Gasteiger partial charge in [-0.15, -0.1) is 0 Å². The van der Waals surface area contributed by atoms with Crippen LogP contribution >= 0.6 is 0 Å². The molecular formula is C20H29NO5S. The van der Waals surface area contributed by atoms with Crippen LogP contribution < -0.4 is 9.46 Å². The van der Waals surface area contributed by atoms with Gasteiger partial charge in [-0.05, 0) is 90.9 Å². The van der Waals surface area contributed by atoms with Crippen molar-refractivity contribution in [3.63, 3.8) is 0 Å². The van der Waals surface area contributed by atoms with E-state index in [2.05, 4.69) is 11.6 Å². The quantitative estimate of drug-likeness (QED) is 0.679. The zero-order valence-electron chi connectivity index (χ0n) is 15.9. The summed E-state index contributed by atoms with van der Waals surface area (Å²) in [5.74, 6) is 2.57. The van der Waals surface area contributed by atoms with Crippen LogP contribution in [0.4, 0.5) is 5.69 Å². The molecule has 3 unspecified atom stereocenters. The number of benzene rings is 1. The van der Waals surface area contributed by atoms with E-state index in [1.54, 1.807) is 0 Å². The number of aliphatic hydroxyl groups excluding tert-OH is 1. The van der Waals surface area contributed by atoms with Crippen LogP contribution in [0.5, 0.6) is 5.75 Å². The third-order valence-electron chi connectivity index (χ3n) is 7.70. The van der Waals surface area contributed by atoms with Gasteiger partial charge in [0, 0.05) is 6.61 Å². The van der Waals surface area contributed by atoms with Crippen molar-refractivity contribution in [3.05, 3.63) is 23.3 Å². The summed E-state index contributed by atoms with van der Waals surface area (Å²) in [5, 5.41) is 9.82. The molecule has 0 aromatic heterocycles. The average Bonchev–Trinajstić information content (AvgIpc) is 2.95. The molecule has 1 aromatic rings. The topological polar surface area (TPSA) is 95.9 Å². The fourth-order valence-electron chi connectivity index (χ4n) is 6.40. The second-order valence-electron chi connectivity index (χ2n) is 8.75. The summed E-state index contributed by atoms with van der Waals surface area (Å²) in [5.41, 5.74) is 2.94. The molecule has 0 saturated heterocycles. The van der Waals surface area contributed by atoms with Crippen molar-refractivity contribution < 1.29 is 22.8 Å².